The summed E-state index contributed by atoms with van der Waals surface area (Å²) in [5.41, 5.74) is -0.841. The first-order chi connectivity index (χ1) is 19.5. The van der Waals surface area contributed by atoms with Crippen molar-refractivity contribution in [2.24, 2.45) is 44.8 Å². The molecule has 224 valence electrons. The first-order valence-corrected chi connectivity index (χ1v) is 15.5. The van der Waals surface area contributed by atoms with Crippen molar-refractivity contribution in [3.63, 3.8) is 0 Å². The number of hydrogen-bond donors (Lipinski definition) is 1. The van der Waals surface area contributed by atoms with Crippen LogP contribution in [0.3, 0.4) is 0 Å². The van der Waals surface area contributed by atoms with Crippen LogP contribution in [0.1, 0.15) is 110 Å². The van der Waals surface area contributed by atoms with Crippen molar-refractivity contribution in [3.05, 3.63) is 35.1 Å². The Morgan fingerprint density at radius 2 is 1.71 bits per heavy atom. The van der Waals surface area contributed by atoms with Gasteiger partial charge >= 0.3 is 11.8 Å². The van der Waals surface area contributed by atoms with E-state index in [1.165, 1.54) is 7.05 Å². The fourth-order valence-electron chi connectivity index (χ4n) is 10.6. The van der Waals surface area contributed by atoms with Gasteiger partial charge in [0.2, 0.25) is 5.89 Å². The SMILES string of the molecule is CNC(=O)c1nnc([C@@]2(C)CC[C@]3(C)CC[C@]4(C)[C@H](C(=O)C=C5[C@@]6(C)C=C(C#N)C(=O)C(C)(C)[C@@H]6CC[C@]54C)[C@@H]3C2)o1. The summed E-state index contributed by atoms with van der Waals surface area (Å²) >= 11 is 0. The lowest BCUT2D eigenvalue weighted by Crippen LogP contribution is -2.64. The standard InChI is InChI=1S/C34H44N4O4/c1-29(2)22-9-10-33(6)23(32(22,5)16-19(18-35)25(29)40)15-21(39)24-20-17-31(4,28-38-37-27(42-28)26(41)36-8)12-11-30(20,3)13-14-34(24,33)7/h15-16,20,22,24H,9-14,17H2,1-8H3,(H,36,41)/t20-,22-,24-,30+,31-,32-,33+,34+/m0/s1. The van der Waals surface area contributed by atoms with Gasteiger partial charge in [-0.15, -0.1) is 10.2 Å². The van der Waals surface area contributed by atoms with Gasteiger partial charge in [-0.1, -0.05) is 60.1 Å². The summed E-state index contributed by atoms with van der Waals surface area (Å²) in [6.07, 6.45) is 10.2. The highest BCUT2D eigenvalue weighted by Gasteiger charge is 2.69. The van der Waals surface area contributed by atoms with Crippen molar-refractivity contribution in [3.8, 4) is 6.07 Å². The summed E-state index contributed by atoms with van der Waals surface area (Å²) in [5, 5.41) is 20.8. The first kappa shape index (κ1) is 29.0. The van der Waals surface area contributed by atoms with E-state index in [1.54, 1.807) is 0 Å². The van der Waals surface area contributed by atoms with Crippen LogP contribution in [0.25, 0.3) is 0 Å². The molecule has 5 aliphatic carbocycles. The molecule has 0 bridgehead atoms. The monoisotopic (exact) mass is 572 g/mol. The summed E-state index contributed by atoms with van der Waals surface area (Å²) in [7, 11) is 1.54. The number of nitrogens with zero attached hydrogens (tertiary/aromatic N) is 3. The third kappa shape index (κ3) is 3.48. The predicted molar refractivity (Wildman–Crippen MR) is 156 cm³/mol. The molecule has 1 aromatic heterocycles. The largest absolute Gasteiger partial charge is 0.416 e. The van der Waals surface area contributed by atoms with Gasteiger partial charge in [-0.3, -0.25) is 14.4 Å². The Hall–Kier alpha value is -3.08. The van der Waals surface area contributed by atoms with Crippen LogP contribution in [-0.2, 0) is 15.0 Å². The predicted octanol–water partition coefficient (Wildman–Crippen LogP) is 5.90. The number of rotatable bonds is 2. The molecule has 0 spiro atoms. The first-order valence-electron chi connectivity index (χ1n) is 15.5. The van der Waals surface area contributed by atoms with Crippen LogP contribution in [0.2, 0.25) is 0 Å². The topological polar surface area (TPSA) is 126 Å². The molecule has 8 nitrogen and oxygen atoms in total. The number of carbonyl (C=O) groups excluding carboxylic acids is 3. The average molecular weight is 573 g/mol. The van der Waals surface area contributed by atoms with Crippen molar-refractivity contribution in [1.29, 1.82) is 5.26 Å². The van der Waals surface area contributed by atoms with E-state index in [-0.39, 0.29) is 57.0 Å². The molecule has 8 heteroatoms. The lowest BCUT2D eigenvalue weighted by atomic mass is 9.34. The van der Waals surface area contributed by atoms with Crippen LogP contribution in [0, 0.1) is 56.2 Å². The zero-order valence-electron chi connectivity index (χ0n) is 26.3. The van der Waals surface area contributed by atoms with E-state index in [9.17, 15) is 19.6 Å². The van der Waals surface area contributed by atoms with Gasteiger partial charge < -0.3 is 9.73 Å². The van der Waals surface area contributed by atoms with E-state index in [0.29, 0.717) is 5.89 Å². The Bertz CT molecular complexity index is 1510. The van der Waals surface area contributed by atoms with Crippen molar-refractivity contribution < 1.29 is 18.8 Å². The molecular formula is C34H44N4O4. The molecule has 6 rings (SSSR count). The normalized spacial score (nSPS) is 43.9. The van der Waals surface area contributed by atoms with Gasteiger partial charge in [0.1, 0.15) is 6.07 Å². The number of allylic oxidation sites excluding steroid dienone is 4. The van der Waals surface area contributed by atoms with E-state index >= 15 is 0 Å². The minimum atomic E-state index is -0.675. The molecule has 0 aromatic carbocycles. The number of hydrogen-bond acceptors (Lipinski definition) is 7. The maximum absolute atomic E-state index is 14.6. The summed E-state index contributed by atoms with van der Waals surface area (Å²) < 4.78 is 5.91. The summed E-state index contributed by atoms with van der Waals surface area (Å²) in [6, 6.07) is 2.19. The van der Waals surface area contributed by atoms with Gasteiger partial charge in [-0.05, 0) is 79.1 Å². The fourth-order valence-corrected chi connectivity index (χ4v) is 10.6. The minimum absolute atomic E-state index is 0.0128. The van der Waals surface area contributed by atoms with Gasteiger partial charge in [0.25, 0.3) is 0 Å². The smallest absolute Gasteiger partial charge is 0.308 e. The molecule has 0 unspecified atom stereocenters. The molecule has 1 aromatic rings. The lowest BCUT2D eigenvalue weighted by molar-refractivity contribution is -0.166. The molecule has 1 heterocycles. The molecule has 0 radical (unpaired) electrons. The second kappa shape index (κ2) is 8.74. The van der Waals surface area contributed by atoms with Crippen molar-refractivity contribution in [2.75, 3.05) is 7.05 Å². The number of fused-ring (bicyclic) bond motifs is 7. The number of nitriles is 1. The molecule has 5 aliphatic rings. The molecule has 1 N–H and O–H groups in total. The van der Waals surface area contributed by atoms with Crippen LogP contribution in [0.5, 0.6) is 0 Å². The molecule has 3 fully saturated rings. The van der Waals surface area contributed by atoms with Crippen LogP contribution in [0.4, 0.5) is 0 Å². The van der Waals surface area contributed by atoms with Crippen LogP contribution >= 0.6 is 0 Å². The van der Waals surface area contributed by atoms with Gasteiger partial charge in [0.05, 0.1) is 5.57 Å². The van der Waals surface area contributed by atoms with Crippen LogP contribution in [0.15, 0.2) is 27.7 Å². The van der Waals surface area contributed by atoms with Gasteiger partial charge in [0, 0.05) is 29.2 Å². The highest BCUT2D eigenvalue weighted by Crippen LogP contribution is 2.74. The maximum Gasteiger partial charge on any atom is 0.308 e. The average Bonchev–Trinajstić information content (AvgIpc) is 3.44. The third-order valence-corrected chi connectivity index (χ3v) is 13.4. The molecule has 0 aliphatic heterocycles. The second-order valence-electron chi connectivity index (χ2n) is 15.8. The lowest BCUT2D eigenvalue weighted by Gasteiger charge is -2.69. The number of amides is 1. The third-order valence-electron chi connectivity index (χ3n) is 13.4. The van der Waals surface area contributed by atoms with Crippen LogP contribution < -0.4 is 5.32 Å². The highest BCUT2D eigenvalue weighted by atomic mass is 16.4. The Balaban J connectivity index is 1.45. The number of Topliss-reactive ketones (excluding diaryl/α,β-unsaturated/α-hetero) is 1. The zero-order valence-corrected chi connectivity index (χ0v) is 26.3. The Morgan fingerprint density at radius 3 is 2.38 bits per heavy atom. The highest BCUT2D eigenvalue weighted by molar-refractivity contribution is 6.04. The number of carbonyl (C=O) groups is 3. The van der Waals surface area contributed by atoms with E-state index in [1.807, 2.05) is 26.0 Å². The van der Waals surface area contributed by atoms with Crippen LogP contribution in [-0.4, -0.2) is 34.7 Å². The molecule has 3 saturated carbocycles. The Kier molecular flexibility index (Phi) is 6.03. The molecule has 42 heavy (non-hydrogen) atoms. The minimum Gasteiger partial charge on any atom is -0.416 e. The van der Waals surface area contributed by atoms with E-state index in [2.05, 4.69) is 56.2 Å². The summed E-state index contributed by atoms with van der Waals surface area (Å²) in [6.45, 7) is 15.3. The Morgan fingerprint density at radius 1 is 1.02 bits per heavy atom. The summed E-state index contributed by atoms with van der Waals surface area (Å²) in [4.78, 5) is 40.0. The van der Waals surface area contributed by atoms with Crippen molar-refractivity contribution in [2.45, 2.75) is 98.8 Å². The molecular weight excluding hydrogens is 528 g/mol. The maximum atomic E-state index is 14.6. The number of aromatic nitrogens is 2. The van der Waals surface area contributed by atoms with Crippen molar-refractivity contribution in [1.82, 2.24) is 15.5 Å². The number of nitrogens with one attached hydrogen (secondary N) is 1. The van der Waals surface area contributed by atoms with E-state index in [0.717, 1.165) is 50.5 Å². The Labute approximate surface area is 248 Å². The van der Waals surface area contributed by atoms with Gasteiger partial charge in [0.15, 0.2) is 11.6 Å². The van der Waals surface area contributed by atoms with E-state index in [4.69, 9.17) is 4.42 Å². The molecule has 8 atom stereocenters. The number of ketones is 2. The van der Waals surface area contributed by atoms with E-state index < -0.39 is 22.2 Å². The molecule has 1 amide bonds. The summed E-state index contributed by atoms with van der Waals surface area (Å²) in [5.74, 6) is 0.104. The quantitative estimate of drug-likeness (QED) is 0.467. The molecule has 0 saturated heterocycles. The zero-order chi connectivity index (χ0) is 30.7. The second-order valence-corrected chi connectivity index (χ2v) is 15.8. The fraction of sp³-hybridized carbons (Fsp3) is 0.706. The van der Waals surface area contributed by atoms with Gasteiger partial charge in [-0.25, -0.2) is 0 Å². The van der Waals surface area contributed by atoms with Crippen molar-refractivity contribution >= 4 is 17.5 Å². The van der Waals surface area contributed by atoms with Gasteiger partial charge in [-0.2, -0.15) is 5.26 Å².